The van der Waals surface area contributed by atoms with Gasteiger partial charge in [-0.25, -0.2) is 4.79 Å². The number of hydrogen-bond donors (Lipinski definition) is 3. The third-order valence-electron chi connectivity index (χ3n) is 5.27. The first-order valence-corrected chi connectivity index (χ1v) is 10.3. The highest BCUT2D eigenvalue weighted by atomic mass is 16.5. The molecule has 1 aliphatic carbocycles. The van der Waals surface area contributed by atoms with Crippen molar-refractivity contribution in [3.8, 4) is 5.75 Å². The largest absolute Gasteiger partial charge is 0.493 e. The number of nitrogens with one attached hydrogen (secondary N) is 3. The molecule has 6 heteroatoms. The average molecular weight is 405 g/mol. The summed E-state index contributed by atoms with van der Waals surface area (Å²) in [6.07, 6.45) is 5.70. The first-order valence-electron chi connectivity index (χ1n) is 10.3. The molecule has 1 heterocycles. The second kappa shape index (κ2) is 7.86. The van der Waals surface area contributed by atoms with Crippen molar-refractivity contribution >= 4 is 28.7 Å². The molecule has 0 atom stereocenters. The van der Waals surface area contributed by atoms with Gasteiger partial charge in [-0.1, -0.05) is 39.0 Å². The lowest BCUT2D eigenvalue weighted by Crippen LogP contribution is -2.12. The van der Waals surface area contributed by atoms with Crippen LogP contribution in [0.3, 0.4) is 0 Å². The van der Waals surface area contributed by atoms with Crippen LogP contribution in [0, 0.1) is 5.92 Å². The van der Waals surface area contributed by atoms with Crippen LogP contribution in [0.2, 0.25) is 0 Å². The van der Waals surface area contributed by atoms with E-state index in [1.165, 1.54) is 24.5 Å². The van der Waals surface area contributed by atoms with E-state index in [0.717, 1.165) is 11.3 Å². The molecule has 3 N–H and O–H groups in total. The summed E-state index contributed by atoms with van der Waals surface area (Å²) in [7, 11) is 0. The van der Waals surface area contributed by atoms with Crippen LogP contribution in [0.5, 0.6) is 5.75 Å². The van der Waals surface area contributed by atoms with Gasteiger partial charge in [0.1, 0.15) is 5.75 Å². The van der Waals surface area contributed by atoms with Crippen LogP contribution in [-0.4, -0.2) is 22.5 Å². The molecule has 1 aromatic heterocycles. The zero-order valence-corrected chi connectivity index (χ0v) is 17.5. The van der Waals surface area contributed by atoms with E-state index in [-0.39, 0.29) is 17.0 Å². The minimum Gasteiger partial charge on any atom is -0.493 e. The van der Waals surface area contributed by atoms with Crippen molar-refractivity contribution in [1.29, 1.82) is 0 Å². The number of hydrogen-bond acceptors (Lipinski definition) is 3. The SMILES string of the molecule is CC(C)(C)c1ccc(/C=C/C(=O)Nc2cccc3[nH]c(=O)[nH]c23)c(OCC2CC2)c1. The van der Waals surface area contributed by atoms with E-state index in [1.54, 1.807) is 24.3 Å². The molecular formula is C24H27N3O3. The maximum Gasteiger partial charge on any atom is 0.323 e. The summed E-state index contributed by atoms with van der Waals surface area (Å²) in [5.41, 5.74) is 3.55. The summed E-state index contributed by atoms with van der Waals surface area (Å²) in [5, 5.41) is 2.83. The predicted octanol–water partition coefficient (Wildman–Crippen LogP) is 4.59. The molecule has 0 aliphatic heterocycles. The molecule has 0 saturated heterocycles. The number of benzene rings is 2. The van der Waals surface area contributed by atoms with Crippen LogP contribution in [0.15, 0.2) is 47.3 Å². The van der Waals surface area contributed by atoms with E-state index >= 15 is 0 Å². The van der Waals surface area contributed by atoms with E-state index in [0.29, 0.717) is 29.2 Å². The van der Waals surface area contributed by atoms with Gasteiger partial charge in [-0.3, -0.25) is 4.79 Å². The minimum atomic E-state index is -0.307. The van der Waals surface area contributed by atoms with E-state index in [2.05, 4.69) is 48.2 Å². The molecule has 0 radical (unpaired) electrons. The fraction of sp³-hybridized carbons (Fsp3) is 0.333. The van der Waals surface area contributed by atoms with Gasteiger partial charge >= 0.3 is 5.69 Å². The lowest BCUT2D eigenvalue weighted by atomic mass is 9.86. The number of rotatable bonds is 6. The number of aromatic amines is 2. The van der Waals surface area contributed by atoms with Gasteiger partial charge in [0.05, 0.1) is 23.3 Å². The lowest BCUT2D eigenvalue weighted by Gasteiger charge is -2.21. The van der Waals surface area contributed by atoms with Crippen LogP contribution in [0.25, 0.3) is 17.1 Å². The molecule has 1 amide bonds. The smallest absolute Gasteiger partial charge is 0.323 e. The quantitative estimate of drug-likeness (QED) is 0.524. The van der Waals surface area contributed by atoms with Gasteiger partial charge in [0, 0.05) is 11.6 Å². The van der Waals surface area contributed by atoms with Gasteiger partial charge in [-0.2, -0.15) is 0 Å². The molecule has 1 fully saturated rings. The summed E-state index contributed by atoms with van der Waals surface area (Å²) in [6, 6.07) is 11.5. The first kappa shape index (κ1) is 20.0. The fourth-order valence-electron chi connectivity index (χ4n) is 3.26. The maximum absolute atomic E-state index is 12.5. The Balaban J connectivity index is 1.54. The normalized spacial score (nSPS) is 14.4. The molecule has 2 aromatic carbocycles. The molecule has 156 valence electrons. The highest BCUT2D eigenvalue weighted by Crippen LogP contribution is 2.33. The molecule has 6 nitrogen and oxygen atoms in total. The van der Waals surface area contributed by atoms with Gasteiger partial charge in [0.15, 0.2) is 0 Å². The molecule has 1 saturated carbocycles. The number of aromatic nitrogens is 2. The van der Waals surface area contributed by atoms with Crippen molar-refractivity contribution < 1.29 is 9.53 Å². The third-order valence-corrected chi connectivity index (χ3v) is 5.27. The Morgan fingerprint density at radius 1 is 1.20 bits per heavy atom. The summed E-state index contributed by atoms with van der Waals surface area (Å²) in [4.78, 5) is 29.4. The van der Waals surface area contributed by atoms with E-state index in [1.807, 2.05) is 6.07 Å². The number of para-hydroxylation sites is 1. The average Bonchev–Trinajstić information content (AvgIpc) is 3.43. The van der Waals surface area contributed by atoms with Gasteiger partial charge in [-0.15, -0.1) is 0 Å². The minimum absolute atomic E-state index is 0.0173. The number of anilines is 1. The molecule has 0 unspecified atom stereocenters. The summed E-state index contributed by atoms with van der Waals surface area (Å²) in [6.45, 7) is 7.22. The Morgan fingerprint density at radius 3 is 2.73 bits per heavy atom. The number of ether oxygens (including phenoxy) is 1. The van der Waals surface area contributed by atoms with Crippen molar-refractivity contribution in [3.05, 3.63) is 64.1 Å². The Hall–Kier alpha value is -3.28. The van der Waals surface area contributed by atoms with Gasteiger partial charge in [0.25, 0.3) is 0 Å². The second-order valence-electron chi connectivity index (χ2n) is 8.89. The highest BCUT2D eigenvalue weighted by molar-refractivity contribution is 6.06. The number of imidazole rings is 1. The van der Waals surface area contributed by atoms with Crippen molar-refractivity contribution in [1.82, 2.24) is 9.97 Å². The number of carbonyl (C=O) groups excluding carboxylic acids is 1. The van der Waals surface area contributed by atoms with Gasteiger partial charge < -0.3 is 20.0 Å². The Labute approximate surface area is 175 Å². The highest BCUT2D eigenvalue weighted by Gasteiger charge is 2.23. The molecule has 0 bridgehead atoms. The monoisotopic (exact) mass is 405 g/mol. The zero-order chi connectivity index (χ0) is 21.3. The van der Waals surface area contributed by atoms with Gasteiger partial charge in [-0.05, 0) is 54.0 Å². The van der Waals surface area contributed by atoms with Crippen LogP contribution in [0.4, 0.5) is 5.69 Å². The van der Waals surface area contributed by atoms with Crippen LogP contribution < -0.4 is 15.7 Å². The van der Waals surface area contributed by atoms with Crippen molar-refractivity contribution in [2.75, 3.05) is 11.9 Å². The fourth-order valence-corrected chi connectivity index (χ4v) is 3.26. The van der Waals surface area contributed by atoms with Crippen molar-refractivity contribution in [2.45, 2.75) is 39.0 Å². The Bertz CT molecular complexity index is 1160. The van der Waals surface area contributed by atoms with Crippen LogP contribution in [0.1, 0.15) is 44.7 Å². The Kier molecular flexibility index (Phi) is 5.24. The second-order valence-corrected chi connectivity index (χ2v) is 8.89. The van der Waals surface area contributed by atoms with Crippen molar-refractivity contribution in [2.24, 2.45) is 5.92 Å². The summed E-state index contributed by atoms with van der Waals surface area (Å²) >= 11 is 0. The summed E-state index contributed by atoms with van der Waals surface area (Å²) in [5.74, 6) is 1.17. The molecule has 30 heavy (non-hydrogen) atoms. The molecule has 0 spiro atoms. The van der Waals surface area contributed by atoms with E-state index in [4.69, 9.17) is 4.74 Å². The first-order chi connectivity index (χ1) is 14.3. The maximum atomic E-state index is 12.5. The van der Waals surface area contributed by atoms with Crippen LogP contribution >= 0.6 is 0 Å². The lowest BCUT2D eigenvalue weighted by molar-refractivity contribution is -0.111. The number of carbonyl (C=O) groups is 1. The number of amides is 1. The summed E-state index contributed by atoms with van der Waals surface area (Å²) < 4.78 is 6.08. The van der Waals surface area contributed by atoms with E-state index < -0.39 is 0 Å². The molecule has 1 aliphatic rings. The third kappa shape index (κ3) is 4.64. The molecule has 4 rings (SSSR count). The molecular weight excluding hydrogens is 378 g/mol. The standard InChI is InChI=1S/C24H27N3O3/c1-24(2,3)17-11-9-16(20(13-17)30-14-15-7-8-15)10-12-21(28)25-18-5-4-6-19-22(18)27-23(29)26-19/h4-6,9-13,15H,7-8,14H2,1-3H3,(H,25,28)(H2,26,27,29)/b12-10+. The predicted molar refractivity (Wildman–Crippen MR) is 120 cm³/mol. The van der Waals surface area contributed by atoms with Crippen LogP contribution in [-0.2, 0) is 10.2 Å². The van der Waals surface area contributed by atoms with Gasteiger partial charge in [0.2, 0.25) is 5.91 Å². The number of fused-ring (bicyclic) bond motifs is 1. The van der Waals surface area contributed by atoms with E-state index in [9.17, 15) is 9.59 Å². The Morgan fingerprint density at radius 2 is 2.00 bits per heavy atom. The zero-order valence-electron chi connectivity index (χ0n) is 17.5. The molecule has 3 aromatic rings. The van der Waals surface area contributed by atoms with Crippen molar-refractivity contribution in [3.63, 3.8) is 0 Å². The topological polar surface area (TPSA) is 87.0 Å². The number of H-pyrrole nitrogens is 2.